The van der Waals surface area contributed by atoms with E-state index in [0.717, 1.165) is 63.1 Å². The molecule has 32 heavy (non-hydrogen) atoms. The van der Waals surface area contributed by atoms with E-state index in [-0.39, 0.29) is 18.0 Å². The summed E-state index contributed by atoms with van der Waals surface area (Å²) in [6.07, 6.45) is 11.3. The molecule has 4 bridgehead atoms. The summed E-state index contributed by atoms with van der Waals surface area (Å²) < 4.78 is 5.58. The summed E-state index contributed by atoms with van der Waals surface area (Å²) in [5.41, 5.74) is 1.12. The minimum atomic E-state index is -0.480. The highest BCUT2D eigenvalue weighted by Gasteiger charge is 2.55. The Morgan fingerprint density at radius 1 is 1.22 bits per heavy atom. The summed E-state index contributed by atoms with van der Waals surface area (Å²) in [6.45, 7) is 4.29. The molecule has 0 spiro atoms. The fraction of sp³-hybridized carbons (Fsp3) is 0.800. The number of ether oxygens (including phenoxy) is 1. The molecule has 6 fully saturated rings. The van der Waals surface area contributed by atoms with Crippen molar-refractivity contribution < 1.29 is 14.6 Å². The van der Waals surface area contributed by atoms with Gasteiger partial charge in [-0.15, -0.1) is 0 Å². The molecule has 1 aromatic heterocycles. The third kappa shape index (κ3) is 3.61. The van der Waals surface area contributed by atoms with Crippen molar-refractivity contribution in [2.45, 2.75) is 88.3 Å². The van der Waals surface area contributed by atoms with Crippen LogP contribution in [0, 0.1) is 17.8 Å². The first-order valence-corrected chi connectivity index (χ1v) is 12.7. The Kier molecular flexibility index (Phi) is 5.17. The van der Waals surface area contributed by atoms with E-state index in [1.54, 1.807) is 6.20 Å². The molecule has 7 rings (SSSR count). The van der Waals surface area contributed by atoms with E-state index in [9.17, 15) is 9.90 Å². The minimum absolute atomic E-state index is 0.0158. The molecule has 7 nitrogen and oxygen atoms in total. The van der Waals surface area contributed by atoms with Crippen LogP contribution in [0.3, 0.4) is 0 Å². The second-order valence-corrected chi connectivity index (χ2v) is 11.3. The number of morpholine rings is 1. The summed E-state index contributed by atoms with van der Waals surface area (Å²) >= 11 is 0. The lowest BCUT2D eigenvalue weighted by molar-refractivity contribution is -0.136. The molecular formula is C25H36N4O3. The van der Waals surface area contributed by atoms with Crippen LogP contribution in [-0.2, 0) is 4.74 Å². The lowest BCUT2D eigenvalue weighted by Crippen LogP contribution is -2.61. The van der Waals surface area contributed by atoms with Gasteiger partial charge in [0.2, 0.25) is 5.95 Å². The van der Waals surface area contributed by atoms with Crippen LogP contribution in [0.15, 0.2) is 6.20 Å². The molecule has 5 aliphatic carbocycles. The van der Waals surface area contributed by atoms with Gasteiger partial charge in [-0.05, 0) is 69.6 Å². The van der Waals surface area contributed by atoms with Crippen LogP contribution in [0.1, 0.15) is 86.7 Å². The van der Waals surface area contributed by atoms with Crippen molar-refractivity contribution in [1.29, 1.82) is 0 Å². The van der Waals surface area contributed by atoms with Crippen LogP contribution in [-0.4, -0.2) is 58.4 Å². The Bertz CT molecular complexity index is 870. The van der Waals surface area contributed by atoms with Crippen molar-refractivity contribution in [2.24, 2.45) is 17.8 Å². The van der Waals surface area contributed by atoms with E-state index in [0.29, 0.717) is 42.4 Å². The molecule has 3 atom stereocenters. The summed E-state index contributed by atoms with van der Waals surface area (Å²) in [6, 6.07) is 0.411. The quantitative estimate of drug-likeness (QED) is 0.748. The van der Waals surface area contributed by atoms with Gasteiger partial charge in [-0.1, -0.05) is 12.8 Å². The molecule has 2 heterocycles. The van der Waals surface area contributed by atoms with Gasteiger partial charge in [-0.2, -0.15) is 0 Å². The lowest BCUT2D eigenvalue weighted by atomic mass is 9.52. The van der Waals surface area contributed by atoms with Crippen LogP contribution in [0.5, 0.6) is 0 Å². The van der Waals surface area contributed by atoms with E-state index in [1.807, 2.05) is 0 Å². The van der Waals surface area contributed by atoms with Crippen LogP contribution >= 0.6 is 0 Å². The number of hydrogen-bond acceptors (Lipinski definition) is 6. The zero-order valence-corrected chi connectivity index (χ0v) is 19.1. The maximum atomic E-state index is 13.6. The van der Waals surface area contributed by atoms with E-state index < -0.39 is 5.60 Å². The largest absolute Gasteiger partial charge is 0.390 e. The average Bonchev–Trinajstić information content (AvgIpc) is 3.30. The number of carbonyl (C=O) groups is 1. The van der Waals surface area contributed by atoms with E-state index in [4.69, 9.17) is 9.72 Å². The van der Waals surface area contributed by atoms with E-state index >= 15 is 0 Å². The smallest absolute Gasteiger partial charge is 0.254 e. The number of hydrogen-bond donors (Lipinski definition) is 2. The fourth-order valence-electron chi connectivity index (χ4n) is 7.68. The van der Waals surface area contributed by atoms with Crippen LogP contribution in [0.4, 0.5) is 5.95 Å². The first-order valence-electron chi connectivity index (χ1n) is 12.7. The first-order chi connectivity index (χ1) is 15.5. The van der Waals surface area contributed by atoms with Gasteiger partial charge in [0.25, 0.3) is 5.91 Å². The Morgan fingerprint density at radius 2 is 1.97 bits per heavy atom. The topological polar surface area (TPSA) is 87.6 Å². The van der Waals surface area contributed by atoms with Gasteiger partial charge >= 0.3 is 0 Å². The van der Waals surface area contributed by atoms with Gasteiger partial charge in [0, 0.05) is 24.7 Å². The molecule has 1 saturated heterocycles. The molecule has 7 heteroatoms. The van der Waals surface area contributed by atoms with Crippen molar-refractivity contribution in [3.05, 3.63) is 17.5 Å². The molecule has 2 unspecified atom stereocenters. The normalized spacial score (nSPS) is 38.9. The highest BCUT2D eigenvalue weighted by molar-refractivity contribution is 5.95. The SMILES string of the molecule is C[C@H]1COCCN1c1ncc(C(=O)NC2C3CC4CC2CC(O)(C4)C3)c(C2CCCC2)n1. The number of amides is 1. The number of aromatic nitrogens is 2. The van der Waals surface area contributed by atoms with Gasteiger partial charge in [0.15, 0.2) is 0 Å². The lowest BCUT2D eigenvalue weighted by Gasteiger charge is -2.58. The molecule has 1 aromatic rings. The summed E-state index contributed by atoms with van der Waals surface area (Å²) in [4.78, 5) is 25.4. The number of aliphatic hydroxyl groups is 1. The van der Waals surface area contributed by atoms with Gasteiger partial charge in [-0.25, -0.2) is 9.97 Å². The molecule has 0 radical (unpaired) electrons. The molecule has 6 aliphatic rings. The second kappa shape index (κ2) is 7.94. The zero-order valence-electron chi connectivity index (χ0n) is 19.1. The molecule has 0 aromatic carbocycles. The summed E-state index contributed by atoms with van der Waals surface area (Å²) in [5, 5.41) is 14.3. The van der Waals surface area contributed by atoms with Gasteiger partial charge in [0.05, 0.1) is 36.1 Å². The van der Waals surface area contributed by atoms with Crippen LogP contribution in [0.2, 0.25) is 0 Å². The molecule has 2 N–H and O–H groups in total. The first kappa shape index (κ1) is 20.8. The molecule has 174 valence electrons. The molecule has 5 saturated carbocycles. The number of nitrogens with zero attached hydrogens (tertiary/aromatic N) is 3. The second-order valence-electron chi connectivity index (χ2n) is 11.3. The highest BCUT2D eigenvalue weighted by atomic mass is 16.5. The van der Waals surface area contributed by atoms with Gasteiger partial charge < -0.3 is 20.1 Å². The van der Waals surface area contributed by atoms with Crippen molar-refractivity contribution in [3.8, 4) is 0 Å². The third-order valence-corrected chi connectivity index (χ3v) is 8.96. The number of carbonyl (C=O) groups excluding carboxylic acids is 1. The monoisotopic (exact) mass is 440 g/mol. The minimum Gasteiger partial charge on any atom is -0.390 e. The zero-order chi connectivity index (χ0) is 21.9. The van der Waals surface area contributed by atoms with E-state index in [1.165, 1.54) is 12.8 Å². The number of rotatable bonds is 4. The number of anilines is 1. The van der Waals surface area contributed by atoms with Crippen molar-refractivity contribution in [2.75, 3.05) is 24.7 Å². The van der Waals surface area contributed by atoms with Crippen molar-refractivity contribution in [3.63, 3.8) is 0 Å². The average molecular weight is 441 g/mol. The number of nitrogens with one attached hydrogen (secondary N) is 1. The van der Waals surface area contributed by atoms with E-state index in [2.05, 4.69) is 22.1 Å². The Balaban J connectivity index is 1.26. The van der Waals surface area contributed by atoms with Crippen molar-refractivity contribution >= 4 is 11.9 Å². The van der Waals surface area contributed by atoms with Gasteiger partial charge in [0.1, 0.15) is 0 Å². The molecule has 1 amide bonds. The standard InChI is InChI=1S/C25H36N4O3/c1-15-14-32-7-6-29(15)24-26-13-20(22(28-24)17-4-2-3-5-17)23(30)27-21-18-8-16-9-19(21)12-25(31,10-16)11-18/h13,15-19,21,31H,2-12,14H2,1H3,(H,27,30)/t15-,16?,18?,19?,21?,25?/m0/s1. The molecular weight excluding hydrogens is 404 g/mol. The third-order valence-electron chi connectivity index (χ3n) is 8.96. The summed E-state index contributed by atoms with van der Waals surface area (Å²) in [7, 11) is 0. The Morgan fingerprint density at radius 3 is 2.66 bits per heavy atom. The molecule has 1 aliphatic heterocycles. The predicted octanol–water partition coefficient (Wildman–Crippen LogP) is 3.03. The maximum Gasteiger partial charge on any atom is 0.254 e. The Labute approximate surface area is 190 Å². The Hall–Kier alpha value is -1.73. The van der Waals surface area contributed by atoms with Crippen LogP contribution in [0.25, 0.3) is 0 Å². The predicted molar refractivity (Wildman–Crippen MR) is 121 cm³/mol. The maximum absolute atomic E-state index is 13.6. The van der Waals surface area contributed by atoms with Gasteiger partial charge in [-0.3, -0.25) is 4.79 Å². The summed E-state index contributed by atoms with van der Waals surface area (Å²) in [5.74, 6) is 2.50. The van der Waals surface area contributed by atoms with Crippen molar-refractivity contribution in [1.82, 2.24) is 15.3 Å². The van der Waals surface area contributed by atoms with Crippen LogP contribution < -0.4 is 10.2 Å². The highest BCUT2D eigenvalue weighted by Crippen LogP contribution is 2.55. The fourth-order valence-corrected chi connectivity index (χ4v) is 7.68.